The molecular formula is C14H18N2. The predicted octanol–water partition coefficient (Wildman–Crippen LogP) is 4.22. The number of anilines is 1. The first kappa shape index (κ1) is 12.2. The van der Waals surface area contributed by atoms with Crippen molar-refractivity contribution in [3.8, 4) is 0 Å². The third-order valence-electron chi connectivity index (χ3n) is 2.26. The van der Waals surface area contributed by atoms with Crippen LogP contribution in [0.3, 0.4) is 0 Å². The number of benzene rings is 1. The fourth-order valence-corrected chi connectivity index (χ4v) is 1.42. The highest BCUT2D eigenvalue weighted by Gasteiger charge is 2.01. The van der Waals surface area contributed by atoms with E-state index in [0.29, 0.717) is 0 Å². The van der Waals surface area contributed by atoms with Gasteiger partial charge in [-0.2, -0.15) is 0 Å². The summed E-state index contributed by atoms with van der Waals surface area (Å²) in [5.41, 5.74) is 4.09. The molecule has 0 heterocycles. The average Bonchev–Trinajstić information content (AvgIpc) is 2.30. The van der Waals surface area contributed by atoms with Gasteiger partial charge in [0.25, 0.3) is 0 Å². The van der Waals surface area contributed by atoms with E-state index in [-0.39, 0.29) is 0 Å². The minimum absolute atomic E-state index is 0.879. The van der Waals surface area contributed by atoms with E-state index >= 15 is 0 Å². The van der Waals surface area contributed by atoms with Crippen LogP contribution < -0.4 is 5.32 Å². The van der Waals surface area contributed by atoms with Crippen LogP contribution in [0, 0.1) is 6.92 Å². The van der Waals surface area contributed by atoms with E-state index in [1.165, 1.54) is 5.56 Å². The quantitative estimate of drug-likeness (QED) is 0.589. The molecule has 16 heavy (non-hydrogen) atoms. The molecule has 0 radical (unpaired) electrons. The van der Waals surface area contributed by atoms with Gasteiger partial charge in [-0.05, 0) is 51.3 Å². The molecule has 0 saturated heterocycles. The fourth-order valence-electron chi connectivity index (χ4n) is 1.42. The van der Waals surface area contributed by atoms with Crippen molar-refractivity contribution < 1.29 is 0 Å². The molecule has 0 amide bonds. The van der Waals surface area contributed by atoms with Crippen LogP contribution >= 0.6 is 0 Å². The highest BCUT2D eigenvalue weighted by atomic mass is 14.9. The lowest BCUT2D eigenvalue weighted by atomic mass is 10.2. The van der Waals surface area contributed by atoms with Gasteiger partial charge in [0.2, 0.25) is 0 Å². The molecule has 0 atom stereocenters. The monoisotopic (exact) mass is 214 g/mol. The average molecular weight is 214 g/mol. The predicted molar refractivity (Wildman–Crippen MR) is 72.6 cm³/mol. The number of nitrogens with zero attached hydrogens (tertiary/aromatic N) is 1. The van der Waals surface area contributed by atoms with Crippen LogP contribution in [0.2, 0.25) is 0 Å². The molecule has 0 unspecified atom stereocenters. The normalized spacial score (nSPS) is 11.8. The summed E-state index contributed by atoms with van der Waals surface area (Å²) in [5, 5.41) is 3.32. The Morgan fingerprint density at radius 1 is 1.38 bits per heavy atom. The summed E-state index contributed by atoms with van der Waals surface area (Å²) in [5.74, 6) is 0. The minimum atomic E-state index is 0.879. The van der Waals surface area contributed by atoms with Crippen LogP contribution in [-0.4, -0.2) is 6.72 Å². The Morgan fingerprint density at radius 2 is 2.12 bits per heavy atom. The van der Waals surface area contributed by atoms with Crippen LogP contribution in [0.5, 0.6) is 0 Å². The number of rotatable bonds is 4. The van der Waals surface area contributed by atoms with Crippen molar-refractivity contribution in [2.45, 2.75) is 20.8 Å². The highest BCUT2D eigenvalue weighted by Crippen LogP contribution is 2.26. The maximum Gasteiger partial charge on any atom is 0.0859 e. The zero-order chi connectivity index (χ0) is 12.0. The number of hydrogen-bond acceptors (Lipinski definition) is 2. The van der Waals surface area contributed by atoms with Gasteiger partial charge in [-0.25, -0.2) is 0 Å². The molecule has 0 aliphatic rings. The lowest BCUT2D eigenvalue weighted by Crippen LogP contribution is -1.96. The van der Waals surface area contributed by atoms with Crippen molar-refractivity contribution >= 4 is 18.1 Å². The Hall–Kier alpha value is -1.83. The number of nitrogens with one attached hydrogen (secondary N) is 1. The second-order valence-electron chi connectivity index (χ2n) is 3.55. The summed E-state index contributed by atoms with van der Waals surface area (Å²) in [6.07, 6.45) is 6.04. The van der Waals surface area contributed by atoms with Gasteiger partial charge in [-0.15, -0.1) is 0 Å². The fraction of sp³-hybridized carbons (Fsp3) is 0.214. The van der Waals surface area contributed by atoms with E-state index in [1.807, 2.05) is 51.1 Å². The Kier molecular flexibility index (Phi) is 4.52. The Balaban J connectivity index is 3.00. The van der Waals surface area contributed by atoms with Gasteiger partial charge in [0.05, 0.1) is 11.4 Å². The molecule has 1 rings (SSSR count). The lowest BCUT2D eigenvalue weighted by molar-refractivity contribution is 1.38. The molecule has 0 aliphatic carbocycles. The number of aryl methyl sites for hydroxylation is 1. The van der Waals surface area contributed by atoms with Crippen molar-refractivity contribution in [2.24, 2.45) is 4.99 Å². The molecule has 84 valence electrons. The van der Waals surface area contributed by atoms with Gasteiger partial charge < -0.3 is 5.32 Å². The second-order valence-corrected chi connectivity index (χ2v) is 3.55. The maximum atomic E-state index is 4.02. The van der Waals surface area contributed by atoms with E-state index in [0.717, 1.165) is 17.1 Å². The molecule has 0 bridgehead atoms. The minimum Gasteiger partial charge on any atom is -0.354 e. The molecule has 1 aromatic rings. The zero-order valence-corrected chi connectivity index (χ0v) is 10.1. The van der Waals surface area contributed by atoms with Crippen LogP contribution in [0.15, 0.2) is 47.1 Å². The van der Waals surface area contributed by atoms with Gasteiger partial charge >= 0.3 is 0 Å². The third-order valence-corrected chi connectivity index (χ3v) is 2.26. The topological polar surface area (TPSA) is 24.4 Å². The second kappa shape index (κ2) is 5.91. The first-order valence-electron chi connectivity index (χ1n) is 5.34. The molecule has 1 N–H and O–H groups in total. The molecule has 0 saturated carbocycles. The number of aliphatic imine (C=N–C) groups is 1. The summed E-state index contributed by atoms with van der Waals surface area (Å²) in [7, 11) is 0. The first-order valence-corrected chi connectivity index (χ1v) is 5.34. The van der Waals surface area contributed by atoms with Crippen LogP contribution in [0.4, 0.5) is 11.4 Å². The van der Waals surface area contributed by atoms with E-state index < -0.39 is 0 Å². The molecular weight excluding hydrogens is 196 g/mol. The van der Waals surface area contributed by atoms with Gasteiger partial charge in [-0.3, -0.25) is 4.99 Å². The van der Waals surface area contributed by atoms with Crippen LogP contribution in [0.1, 0.15) is 19.4 Å². The van der Waals surface area contributed by atoms with E-state index in [4.69, 9.17) is 0 Å². The summed E-state index contributed by atoms with van der Waals surface area (Å²) in [6, 6.07) is 6.09. The Bertz CT molecular complexity index is 428. The summed E-state index contributed by atoms with van der Waals surface area (Å²) >= 11 is 0. The summed E-state index contributed by atoms with van der Waals surface area (Å²) in [4.78, 5) is 4.02. The smallest absolute Gasteiger partial charge is 0.0859 e. The largest absolute Gasteiger partial charge is 0.354 e. The van der Waals surface area contributed by atoms with Crippen LogP contribution in [-0.2, 0) is 0 Å². The standard InChI is InChI=1S/C14H18N2/c1-5-7-12(6-2)16-13-9-8-11(3)10-14(13)15-4/h5-10,16H,4H2,1-3H3/b7-5-,12-6+. The van der Waals surface area contributed by atoms with Crippen molar-refractivity contribution in [3.63, 3.8) is 0 Å². The lowest BCUT2D eigenvalue weighted by Gasteiger charge is -2.10. The Labute approximate surface area is 97.4 Å². The molecule has 0 aliphatic heterocycles. The van der Waals surface area contributed by atoms with E-state index in [2.05, 4.69) is 23.1 Å². The van der Waals surface area contributed by atoms with Crippen molar-refractivity contribution in [2.75, 3.05) is 5.32 Å². The number of hydrogen-bond donors (Lipinski definition) is 1. The van der Waals surface area contributed by atoms with Crippen molar-refractivity contribution in [1.29, 1.82) is 0 Å². The molecule has 0 aromatic heterocycles. The van der Waals surface area contributed by atoms with E-state index in [1.54, 1.807) is 0 Å². The van der Waals surface area contributed by atoms with Gasteiger partial charge in [0.15, 0.2) is 0 Å². The highest BCUT2D eigenvalue weighted by molar-refractivity contribution is 5.70. The Morgan fingerprint density at radius 3 is 2.69 bits per heavy atom. The van der Waals surface area contributed by atoms with Crippen LogP contribution in [0.25, 0.3) is 0 Å². The SMILES string of the molecule is C=Nc1cc(C)ccc1NC(/C=C\C)=C/C. The van der Waals surface area contributed by atoms with Gasteiger partial charge in [0, 0.05) is 5.70 Å². The number of allylic oxidation sites excluding steroid dienone is 3. The zero-order valence-electron chi connectivity index (χ0n) is 10.1. The molecule has 0 fully saturated rings. The summed E-state index contributed by atoms with van der Waals surface area (Å²) in [6.45, 7) is 9.62. The molecule has 0 spiro atoms. The third kappa shape index (κ3) is 3.09. The van der Waals surface area contributed by atoms with Crippen molar-refractivity contribution in [1.82, 2.24) is 0 Å². The molecule has 1 aromatic carbocycles. The van der Waals surface area contributed by atoms with Crippen molar-refractivity contribution in [3.05, 3.63) is 47.7 Å². The summed E-state index contributed by atoms with van der Waals surface area (Å²) < 4.78 is 0. The van der Waals surface area contributed by atoms with Gasteiger partial charge in [-0.1, -0.05) is 18.2 Å². The van der Waals surface area contributed by atoms with Gasteiger partial charge in [0.1, 0.15) is 0 Å². The molecule has 2 heteroatoms. The molecule has 2 nitrogen and oxygen atoms in total. The van der Waals surface area contributed by atoms with E-state index in [9.17, 15) is 0 Å². The first-order chi connectivity index (χ1) is 7.71. The maximum absolute atomic E-state index is 4.02.